The Morgan fingerprint density at radius 2 is 1.56 bits per heavy atom. The van der Waals surface area contributed by atoms with Crippen molar-refractivity contribution in [2.24, 2.45) is 10.2 Å². The standard InChI is InChI=1S/C20H24N2O3/c1-2-3-5-16-7-9-17(10-8-16)21-22-18-11-13-19(14-12-18)25-15-4-6-20(23)24/h7-14H,2-6,15H2,1H3,(H,23,24). The number of hydrogen-bond donors (Lipinski definition) is 1. The molecule has 2 aromatic rings. The van der Waals surface area contributed by atoms with Gasteiger partial charge in [-0.3, -0.25) is 4.79 Å². The van der Waals surface area contributed by atoms with Crippen molar-refractivity contribution < 1.29 is 14.6 Å². The Hall–Kier alpha value is -2.69. The molecule has 25 heavy (non-hydrogen) atoms. The molecule has 0 radical (unpaired) electrons. The summed E-state index contributed by atoms with van der Waals surface area (Å²) in [5, 5.41) is 17.0. The summed E-state index contributed by atoms with van der Waals surface area (Å²) in [6.07, 6.45) is 4.10. The molecule has 132 valence electrons. The van der Waals surface area contributed by atoms with Gasteiger partial charge in [0.15, 0.2) is 0 Å². The number of aryl methyl sites for hydroxylation is 1. The molecule has 0 aliphatic carbocycles. The summed E-state index contributed by atoms with van der Waals surface area (Å²) in [6, 6.07) is 15.4. The molecule has 0 aliphatic rings. The first-order chi connectivity index (χ1) is 12.2. The van der Waals surface area contributed by atoms with Crippen molar-refractivity contribution in [1.29, 1.82) is 0 Å². The molecule has 0 fully saturated rings. The summed E-state index contributed by atoms with van der Waals surface area (Å²) >= 11 is 0. The summed E-state index contributed by atoms with van der Waals surface area (Å²) in [5.74, 6) is -0.109. The maximum absolute atomic E-state index is 10.4. The average molecular weight is 340 g/mol. The van der Waals surface area contributed by atoms with E-state index in [1.165, 1.54) is 18.4 Å². The highest BCUT2D eigenvalue weighted by molar-refractivity contribution is 5.66. The zero-order valence-corrected chi connectivity index (χ0v) is 14.5. The molecule has 0 saturated carbocycles. The largest absolute Gasteiger partial charge is 0.494 e. The topological polar surface area (TPSA) is 71.2 Å². The number of ether oxygens (including phenoxy) is 1. The van der Waals surface area contributed by atoms with E-state index in [1.807, 2.05) is 36.4 Å². The van der Waals surface area contributed by atoms with Crippen LogP contribution in [0.4, 0.5) is 11.4 Å². The van der Waals surface area contributed by atoms with Crippen LogP contribution in [0.15, 0.2) is 58.8 Å². The van der Waals surface area contributed by atoms with Crippen molar-refractivity contribution in [3.8, 4) is 5.75 Å². The van der Waals surface area contributed by atoms with E-state index < -0.39 is 5.97 Å². The predicted molar refractivity (Wildman–Crippen MR) is 98.0 cm³/mol. The van der Waals surface area contributed by atoms with Gasteiger partial charge >= 0.3 is 5.97 Å². The Morgan fingerprint density at radius 3 is 2.12 bits per heavy atom. The van der Waals surface area contributed by atoms with E-state index in [0.29, 0.717) is 18.8 Å². The van der Waals surface area contributed by atoms with Crippen LogP contribution < -0.4 is 4.74 Å². The Morgan fingerprint density at radius 1 is 0.960 bits per heavy atom. The van der Waals surface area contributed by atoms with E-state index in [2.05, 4.69) is 29.3 Å². The number of rotatable bonds is 10. The minimum atomic E-state index is -0.808. The molecule has 5 nitrogen and oxygen atoms in total. The lowest BCUT2D eigenvalue weighted by molar-refractivity contribution is -0.137. The zero-order valence-electron chi connectivity index (χ0n) is 14.5. The first-order valence-electron chi connectivity index (χ1n) is 8.62. The number of carboxylic acids is 1. The van der Waals surface area contributed by atoms with Crippen LogP contribution in [0.25, 0.3) is 0 Å². The van der Waals surface area contributed by atoms with Crippen molar-refractivity contribution in [3.63, 3.8) is 0 Å². The molecule has 2 aromatic carbocycles. The first kappa shape index (κ1) is 18.6. The molecule has 0 aliphatic heterocycles. The monoisotopic (exact) mass is 340 g/mol. The van der Waals surface area contributed by atoms with E-state index in [-0.39, 0.29) is 6.42 Å². The SMILES string of the molecule is CCCCc1ccc(N=Nc2ccc(OCCCC(=O)O)cc2)cc1. The number of carbonyl (C=O) groups is 1. The van der Waals surface area contributed by atoms with Gasteiger partial charge in [0.1, 0.15) is 5.75 Å². The Balaban J connectivity index is 1.83. The number of aliphatic carboxylic acids is 1. The lowest BCUT2D eigenvalue weighted by atomic mass is 10.1. The van der Waals surface area contributed by atoms with Gasteiger partial charge in [-0.2, -0.15) is 10.2 Å². The fourth-order valence-corrected chi connectivity index (χ4v) is 2.25. The number of azo groups is 1. The molecule has 0 amide bonds. The second kappa shape index (κ2) is 10.2. The third-order valence-electron chi connectivity index (χ3n) is 3.68. The fraction of sp³-hybridized carbons (Fsp3) is 0.350. The van der Waals surface area contributed by atoms with Gasteiger partial charge in [-0.1, -0.05) is 25.5 Å². The lowest BCUT2D eigenvalue weighted by Crippen LogP contribution is -2.01. The lowest BCUT2D eigenvalue weighted by Gasteiger charge is -2.04. The highest BCUT2D eigenvalue weighted by Crippen LogP contribution is 2.22. The molecule has 0 spiro atoms. The second-order valence-corrected chi connectivity index (χ2v) is 5.81. The molecule has 0 aromatic heterocycles. The summed E-state index contributed by atoms with van der Waals surface area (Å²) in [4.78, 5) is 10.4. The minimum Gasteiger partial charge on any atom is -0.494 e. The molecule has 1 N–H and O–H groups in total. The van der Waals surface area contributed by atoms with Crippen LogP contribution in [0.5, 0.6) is 5.75 Å². The predicted octanol–water partition coefficient (Wildman–Crippen LogP) is 5.69. The molecule has 0 saturated heterocycles. The van der Waals surface area contributed by atoms with Gasteiger partial charge in [0, 0.05) is 6.42 Å². The van der Waals surface area contributed by atoms with Gasteiger partial charge in [0.05, 0.1) is 18.0 Å². The van der Waals surface area contributed by atoms with Crippen molar-refractivity contribution in [1.82, 2.24) is 0 Å². The molecular weight excluding hydrogens is 316 g/mol. The van der Waals surface area contributed by atoms with Crippen molar-refractivity contribution in [2.75, 3.05) is 6.61 Å². The van der Waals surface area contributed by atoms with Gasteiger partial charge < -0.3 is 9.84 Å². The van der Waals surface area contributed by atoms with E-state index in [1.54, 1.807) is 0 Å². The number of unbranched alkanes of at least 4 members (excludes halogenated alkanes) is 1. The van der Waals surface area contributed by atoms with E-state index in [0.717, 1.165) is 17.8 Å². The smallest absolute Gasteiger partial charge is 0.303 e. The molecule has 2 rings (SSSR count). The van der Waals surface area contributed by atoms with Crippen LogP contribution in [0.1, 0.15) is 38.2 Å². The van der Waals surface area contributed by atoms with Gasteiger partial charge in [0.2, 0.25) is 0 Å². The number of carboxylic acid groups (broad SMARTS) is 1. The Kier molecular flexibility index (Phi) is 7.63. The minimum absolute atomic E-state index is 0.115. The van der Waals surface area contributed by atoms with E-state index in [4.69, 9.17) is 9.84 Å². The Bertz CT molecular complexity index is 679. The molecule has 0 atom stereocenters. The van der Waals surface area contributed by atoms with Gasteiger partial charge in [-0.05, 0) is 61.2 Å². The molecular formula is C20H24N2O3. The maximum Gasteiger partial charge on any atom is 0.303 e. The van der Waals surface area contributed by atoms with Crippen LogP contribution in [0.3, 0.4) is 0 Å². The normalized spacial score (nSPS) is 10.9. The number of benzene rings is 2. The highest BCUT2D eigenvalue weighted by atomic mass is 16.5. The van der Waals surface area contributed by atoms with Gasteiger partial charge in [0.25, 0.3) is 0 Å². The van der Waals surface area contributed by atoms with Crippen LogP contribution in [0.2, 0.25) is 0 Å². The average Bonchev–Trinajstić information content (AvgIpc) is 2.63. The van der Waals surface area contributed by atoms with Crippen LogP contribution in [-0.4, -0.2) is 17.7 Å². The third kappa shape index (κ3) is 7.16. The summed E-state index contributed by atoms with van der Waals surface area (Å²) < 4.78 is 5.48. The Labute approximate surface area is 148 Å². The zero-order chi connectivity index (χ0) is 17.9. The quantitative estimate of drug-likeness (QED) is 0.446. The first-order valence-corrected chi connectivity index (χ1v) is 8.62. The van der Waals surface area contributed by atoms with Crippen LogP contribution in [0, 0.1) is 0 Å². The molecule has 0 heterocycles. The second-order valence-electron chi connectivity index (χ2n) is 5.81. The fourth-order valence-electron chi connectivity index (χ4n) is 2.25. The third-order valence-corrected chi connectivity index (χ3v) is 3.68. The summed E-state index contributed by atoms with van der Waals surface area (Å²) in [5.41, 5.74) is 2.90. The summed E-state index contributed by atoms with van der Waals surface area (Å²) in [7, 11) is 0. The highest BCUT2D eigenvalue weighted by Gasteiger charge is 1.99. The van der Waals surface area contributed by atoms with Crippen molar-refractivity contribution in [3.05, 3.63) is 54.1 Å². The van der Waals surface area contributed by atoms with Crippen molar-refractivity contribution in [2.45, 2.75) is 39.0 Å². The van der Waals surface area contributed by atoms with Crippen LogP contribution >= 0.6 is 0 Å². The number of nitrogens with zero attached hydrogens (tertiary/aromatic N) is 2. The van der Waals surface area contributed by atoms with E-state index in [9.17, 15) is 4.79 Å². The number of hydrogen-bond acceptors (Lipinski definition) is 4. The van der Waals surface area contributed by atoms with Crippen LogP contribution in [-0.2, 0) is 11.2 Å². The van der Waals surface area contributed by atoms with Gasteiger partial charge in [-0.15, -0.1) is 0 Å². The summed E-state index contributed by atoms with van der Waals surface area (Å²) in [6.45, 7) is 2.58. The molecule has 0 bridgehead atoms. The molecule has 0 unspecified atom stereocenters. The molecule has 5 heteroatoms. The van der Waals surface area contributed by atoms with Gasteiger partial charge in [-0.25, -0.2) is 0 Å². The maximum atomic E-state index is 10.4. The van der Waals surface area contributed by atoms with E-state index >= 15 is 0 Å². The van der Waals surface area contributed by atoms with Crippen molar-refractivity contribution >= 4 is 17.3 Å².